The minimum Gasteiger partial charge on any atom is -0.497 e. The predicted molar refractivity (Wildman–Crippen MR) is 93.4 cm³/mol. The third kappa shape index (κ3) is 6.17. The minimum absolute atomic E-state index is 0.143. The Balaban J connectivity index is 2.14. The molecular formula is C17H19FN2O4S. The third-order valence-corrected chi connectivity index (χ3v) is 4.08. The first kappa shape index (κ1) is 18.9. The highest BCUT2D eigenvalue weighted by molar-refractivity contribution is 7.88. The van der Waals surface area contributed by atoms with E-state index in [-0.39, 0.29) is 6.42 Å². The molecule has 0 fully saturated rings. The summed E-state index contributed by atoms with van der Waals surface area (Å²) in [5.41, 5.74) is 1.02. The van der Waals surface area contributed by atoms with E-state index < -0.39 is 27.8 Å². The van der Waals surface area contributed by atoms with E-state index >= 15 is 0 Å². The summed E-state index contributed by atoms with van der Waals surface area (Å²) in [5, 5.41) is 2.69. The van der Waals surface area contributed by atoms with E-state index in [1.165, 1.54) is 31.4 Å². The number of carbonyl (C=O) groups is 1. The number of amides is 1. The number of methoxy groups -OCH3 is 1. The van der Waals surface area contributed by atoms with Gasteiger partial charge in [0.05, 0.1) is 19.4 Å². The summed E-state index contributed by atoms with van der Waals surface area (Å²) in [7, 11) is -2.04. The second-order valence-electron chi connectivity index (χ2n) is 5.48. The van der Waals surface area contributed by atoms with Crippen LogP contribution in [0.4, 0.5) is 10.1 Å². The molecule has 25 heavy (non-hydrogen) atoms. The number of ether oxygens (including phenoxy) is 1. The molecule has 0 bridgehead atoms. The highest BCUT2D eigenvalue weighted by Crippen LogP contribution is 2.21. The number of benzene rings is 2. The lowest BCUT2D eigenvalue weighted by atomic mass is 10.0. The van der Waals surface area contributed by atoms with Gasteiger partial charge in [-0.3, -0.25) is 4.79 Å². The number of sulfonamides is 1. The second kappa shape index (κ2) is 8.09. The van der Waals surface area contributed by atoms with Crippen molar-refractivity contribution < 1.29 is 22.3 Å². The molecule has 0 heterocycles. The van der Waals surface area contributed by atoms with Gasteiger partial charge >= 0.3 is 0 Å². The number of rotatable bonds is 7. The summed E-state index contributed by atoms with van der Waals surface area (Å²) >= 11 is 0. The molecule has 0 saturated heterocycles. The van der Waals surface area contributed by atoms with E-state index in [0.717, 1.165) is 6.26 Å². The van der Waals surface area contributed by atoms with Crippen LogP contribution < -0.4 is 14.8 Å². The molecule has 2 aromatic carbocycles. The van der Waals surface area contributed by atoms with Crippen molar-refractivity contribution in [3.8, 4) is 5.75 Å². The molecule has 2 N–H and O–H groups in total. The van der Waals surface area contributed by atoms with Crippen LogP contribution in [0.1, 0.15) is 18.0 Å². The van der Waals surface area contributed by atoms with Crippen LogP contribution in [-0.2, 0) is 14.8 Å². The topological polar surface area (TPSA) is 84.5 Å². The molecule has 0 radical (unpaired) electrons. The fraction of sp³-hybridized carbons (Fsp3) is 0.235. The van der Waals surface area contributed by atoms with Gasteiger partial charge < -0.3 is 10.1 Å². The van der Waals surface area contributed by atoms with Gasteiger partial charge in [0.15, 0.2) is 0 Å². The Hall–Kier alpha value is -2.45. The molecule has 8 heteroatoms. The summed E-state index contributed by atoms with van der Waals surface area (Å²) in [4.78, 5) is 12.3. The fourth-order valence-corrected chi connectivity index (χ4v) is 3.02. The van der Waals surface area contributed by atoms with Gasteiger partial charge in [0.25, 0.3) is 0 Å². The van der Waals surface area contributed by atoms with Crippen LogP contribution in [0.25, 0.3) is 0 Å². The first-order chi connectivity index (χ1) is 11.8. The second-order valence-corrected chi connectivity index (χ2v) is 7.26. The Morgan fingerprint density at radius 1 is 1.20 bits per heavy atom. The van der Waals surface area contributed by atoms with Crippen LogP contribution in [-0.4, -0.2) is 27.7 Å². The molecule has 0 aliphatic carbocycles. The molecule has 134 valence electrons. The number of nitrogens with one attached hydrogen (secondary N) is 2. The highest BCUT2D eigenvalue weighted by atomic mass is 32.2. The van der Waals surface area contributed by atoms with E-state index in [9.17, 15) is 17.6 Å². The van der Waals surface area contributed by atoms with Gasteiger partial charge in [-0.1, -0.05) is 18.2 Å². The van der Waals surface area contributed by atoms with Gasteiger partial charge in [0.2, 0.25) is 15.9 Å². The summed E-state index contributed by atoms with van der Waals surface area (Å²) < 4.78 is 43.7. The summed E-state index contributed by atoms with van der Waals surface area (Å²) in [6.45, 7) is 0. The van der Waals surface area contributed by atoms with Gasteiger partial charge in [-0.15, -0.1) is 0 Å². The Kier molecular flexibility index (Phi) is 6.11. The van der Waals surface area contributed by atoms with Crippen LogP contribution in [0.5, 0.6) is 5.75 Å². The van der Waals surface area contributed by atoms with E-state index in [1.807, 2.05) is 0 Å². The number of hydrogen-bond donors (Lipinski definition) is 2. The van der Waals surface area contributed by atoms with Crippen molar-refractivity contribution >= 4 is 21.6 Å². The zero-order valence-corrected chi connectivity index (χ0v) is 14.6. The summed E-state index contributed by atoms with van der Waals surface area (Å²) in [6.07, 6.45) is 0.861. The molecular weight excluding hydrogens is 347 g/mol. The van der Waals surface area contributed by atoms with Crippen molar-refractivity contribution in [3.05, 3.63) is 59.9 Å². The molecule has 2 rings (SSSR count). The monoisotopic (exact) mass is 366 g/mol. The number of hydrogen-bond acceptors (Lipinski definition) is 4. The average molecular weight is 366 g/mol. The van der Waals surface area contributed by atoms with Crippen molar-refractivity contribution in [2.75, 3.05) is 18.7 Å². The smallest absolute Gasteiger partial charge is 0.226 e. The molecule has 0 aliphatic rings. The van der Waals surface area contributed by atoms with Crippen LogP contribution in [0.3, 0.4) is 0 Å². The van der Waals surface area contributed by atoms with E-state index in [4.69, 9.17) is 4.74 Å². The van der Waals surface area contributed by atoms with Crippen molar-refractivity contribution in [1.82, 2.24) is 4.72 Å². The van der Waals surface area contributed by atoms with Gasteiger partial charge in [-0.05, 0) is 29.8 Å². The minimum atomic E-state index is -3.55. The maximum absolute atomic E-state index is 13.1. The first-order valence-electron chi connectivity index (χ1n) is 7.43. The van der Waals surface area contributed by atoms with Crippen LogP contribution >= 0.6 is 0 Å². The van der Waals surface area contributed by atoms with Crippen LogP contribution in [0.2, 0.25) is 0 Å². The Labute approximate surface area is 146 Å². The standard InChI is InChI=1S/C17H19FN2O4S/c1-24-15-5-3-4-14(10-15)19-17(21)11-16(20-25(2,22)23)12-6-8-13(18)9-7-12/h3-10,16,20H,11H2,1-2H3,(H,19,21)/t16-/m1/s1. The van der Waals surface area contributed by atoms with Gasteiger partial charge in [-0.25, -0.2) is 17.5 Å². The van der Waals surface area contributed by atoms with E-state index in [0.29, 0.717) is 17.0 Å². The lowest BCUT2D eigenvalue weighted by molar-refractivity contribution is -0.116. The largest absolute Gasteiger partial charge is 0.497 e. The molecule has 1 atom stereocenters. The molecule has 0 unspecified atom stereocenters. The quantitative estimate of drug-likeness (QED) is 0.788. The first-order valence-corrected chi connectivity index (χ1v) is 9.32. The zero-order valence-electron chi connectivity index (χ0n) is 13.8. The van der Waals surface area contributed by atoms with Gasteiger partial charge in [-0.2, -0.15) is 0 Å². The van der Waals surface area contributed by atoms with Crippen LogP contribution in [0.15, 0.2) is 48.5 Å². The van der Waals surface area contributed by atoms with Gasteiger partial charge in [0, 0.05) is 18.2 Å². The maximum atomic E-state index is 13.1. The molecule has 0 aromatic heterocycles. The van der Waals surface area contributed by atoms with Crippen molar-refractivity contribution in [3.63, 3.8) is 0 Å². The number of carbonyl (C=O) groups excluding carboxylic acids is 1. The van der Waals surface area contributed by atoms with E-state index in [2.05, 4.69) is 10.0 Å². The average Bonchev–Trinajstić information content (AvgIpc) is 2.53. The predicted octanol–water partition coefficient (Wildman–Crippen LogP) is 2.45. The zero-order chi connectivity index (χ0) is 18.4. The Morgan fingerprint density at radius 3 is 2.48 bits per heavy atom. The van der Waals surface area contributed by atoms with E-state index in [1.54, 1.807) is 24.3 Å². The van der Waals surface area contributed by atoms with Gasteiger partial charge in [0.1, 0.15) is 11.6 Å². The number of anilines is 1. The molecule has 2 aromatic rings. The van der Waals surface area contributed by atoms with Crippen molar-refractivity contribution in [1.29, 1.82) is 0 Å². The molecule has 0 saturated carbocycles. The molecule has 0 spiro atoms. The molecule has 1 amide bonds. The fourth-order valence-electron chi connectivity index (χ4n) is 2.28. The SMILES string of the molecule is COc1cccc(NC(=O)C[C@@H](NS(C)(=O)=O)c2ccc(F)cc2)c1. The highest BCUT2D eigenvalue weighted by Gasteiger charge is 2.20. The van der Waals surface area contributed by atoms with Crippen LogP contribution in [0, 0.1) is 5.82 Å². The molecule has 0 aliphatic heterocycles. The Bertz CT molecular complexity index is 838. The summed E-state index contributed by atoms with van der Waals surface area (Å²) in [5.74, 6) is -0.247. The van der Waals surface area contributed by atoms with Crippen molar-refractivity contribution in [2.24, 2.45) is 0 Å². The normalized spacial score (nSPS) is 12.4. The lowest BCUT2D eigenvalue weighted by Crippen LogP contribution is -2.30. The Morgan fingerprint density at radius 2 is 1.88 bits per heavy atom. The lowest BCUT2D eigenvalue weighted by Gasteiger charge is -2.18. The molecule has 6 nitrogen and oxygen atoms in total. The third-order valence-electron chi connectivity index (χ3n) is 3.37. The number of halogens is 1. The summed E-state index contributed by atoms with van der Waals surface area (Å²) in [6, 6.07) is 11.3. The maximum Gasteiger partial charge on any atom is 0.226 e. The van der Waals surface area contributed by atoms with Crippen molar-refractivity contribution in [2.45, 2.75) is 12.5 Å².